The van der Waals surface area contributed by atoms with Gasteiger partial charge in [0.15, 0.2) is 17.1 Å². The summed E-state index contributed by atoms with van der Waals surface area (Å²) in [6.45, 7) is -1.57. The molecule has 0 unspecified atom stereocenters. The van der Waals surface area contributed by atoms with Gasteiger partial charge >= 0.3 is 6.18 Å². The van der Waals surface area contributed by atoms with E-state index in [1.807, 2.05) is 0 Å². The number of carbonyl (C=O) groups is 1. The van der Waals surface area contributed by atoms with Crippen LogP contribution in [0.1, 0.15) is 5.69 Å². The summed E-state index contributed by atoms with van der Waals surface area (Å²) in [4.78, 5) is 18.1. The van der Waals surface area contributed by atoms with E-state index in [1.54, 1.807) is 0 Å². The monoisotopic (exact) mass is 253 g/mol. The van der Waals surface area contributed by atoms with Crippen LogP contribution in [0.25, 0.3) is 0 Å². The average Bonchev–Trinajstić information content (AvgIpc) is 2.58. The molecule has 0 aliphatic carbocycles. The van der Waals surface area contributed by atoms with Gasteiger partial charge in [0.25, 0.3) is 0 Å². The summed E-state index contributed by atoms with van der Waals surface area (Å²) in [5.74, 6) is 0. The van der Waals surface area contributed by atoms with Crippen LogP contribution in [0.4, 0.5) is 18.3 Å². The van der Waals surface area contributed by atoms with Crippen molar-refractivity contribution in [1.29, 1.82) is 0 Å². The van der Waals surface area contributed by atoms with Crippen molar-refractivity contribution in [1.82, 2.24) is 4.98 Å². The minimum absolute atomic E-state index is 0.0830. The molecule has 0 aliphatic rings. The number of hydrogen-bond donors (Lipinski definition) is 1. The van der Waals surface area contributed by atoms with Crippen molar-refractivity contribution in [2.45, 2.75) is 6.18 Å². The van der Waals surface area contributed by atoms with Crippen LogP contribution in [0.2, 0.25) is 0 Å². The Labute approximate surface area is 91.7 Å². The smallest absolute Gasteiger partial charge is 0.385 e. The highest BCUT2D eigenvalue weighted by atomic mass is 32.1. The lowest BCUT2D eigenvalue weighted by Crippen LogP contribution is -2.16. The zero-order chi connectivity index (χ0) is 12.2. The normalized spacial score (nSPS) is 12.6. The Morgan fingerprint density at radius 3 is 2.81 bits per heavy atom. The summed E-state index contributed by atoms with van der Waals surface area (Å²) >= 11 is 1.04. The lowest BCUT2D eigenvalue weighted by atomic mass is 10.3. The maximum absolute atomic E-state index is 11.7. The Kier molecular flexibility index (Phi) is 3.82. The zero-order valence-corrected chi connectivity index (χ0v) is 8.51. The Balaban J connectivity index is 2.68. The molecule has 0 spiro atoms. The lowest BCUT2D eigenvalue weighted by Gasteiger charge is -2.03. The topological polar surface area (TPSA) is 77.6 Å². The van der Waals surface area contributed by atoms with Crippen molar-refractivity contribution in [3.8, 4) is 0 Å². The number of nitrogen functional groups attached to an aromatic ring is 1. The molecule has 0 fully saturated rings. The van der Waals surface area contributed by atoms with Crippen LogP contribution < -0.4 is 5.73 Å². The number of anilines is 1. The number of aromatic nitrogens is 1. The van der Waals surface area contributed by atoms with Gasteiger partial charge < -0.3 is 10.6 Å². The molecule has 16 heavy (non-hydrogen) atoms. The van der Waals surface area contributed by atoms with Crippen molar-refractivity contribution in [2.75, 3.05) is 12.3 Å². The number of nitrogens with two attached hydrogens (primary N) is 1. The molecule has 0 aromatic carbocycles. The number of oxime groups is 1. The second-order valence-electron chi connectivity index (χ2n) is 2.55. The first kappa shape index (κ1) is 12.4. The third-order valence-electron chi connectivity index (χ3n) is 1.29. The Hall–Kier alpha value is -1.64. The number of halogens is 3. The Morgan fingerprint density at radius 1 is 1.69 bits per heavy atom. The summed E-state index contributed by atoms with van der Waals surface area (Å²) in [6, 6.07) is 0. The van der Waals surface area contributed by atoms with E-state index < -0.39 is 12.8 Å². The minimum Gasteiger partial charge on any atom is -0.385 e. The average molecular weight is 253 g/mol. The molecule has 5 nitrogen and oxygen atoms in total. The largest absolute Gasteiger partial charge is 0.425 e. The van der Waals surface area contributed by atoms with Gasteiger partial charge in [0, 0.05) is 5.38 Å². The first-order valence-electron chi connectivity index (χ1n) is 3.85. The zero-order valence-electron chi connectivity index (χ0n) is 7.69. The molecule has 0 aliphatic heterocycles. The first-order chi connectivity index (χ1) is 7.42. The van der Waals surface area contributed by atoms with Gasteiger partial charge in [-0.05, 0) is 0 Å². The predicted molar refractivity (Wildman–Crippen MR) is 51.1 cm³/mol. The molecule has 2 N–H and O–H groups in total. The SMILES string of the molecule is Nc1nc(/C(C=O)=N/OCC(F)(F)F)cs1. The summed E-state index contributed by atoms with van der Waals surface area (Å²) < 4.78 is 35.1. The number of carbonyl (C=O) groups excluding carboxylic acids is 1. The Morgan fingerprint density at radius 2 is 2.38 bits per heavy atom. The van der Waals surface area contributed by atoms with Crippen LogP contribution in [0.5, 0.6) is 0 Å². The van der Waals surface area contributed by atoms with Gasteiger partial charge in [-0.3, -0.25) is 4.79 Å². The molecule has 0 atom stereocenters. The third kappa shape index (κ3) is 3.85. The molecule has 88 valence electrons. The van der Waals surface area contributed by atoms with Crippen LogP contribution in [-0.2, 0) is 9.63 Å². The number of hydrogen-bond acceptors (Lipinski definition) is 6. The number of alkyl halides is 3. The van der Waals surface area contributed by atoms with Crippen LogP contribution in [-0.4, -0.2) is 29.8 Å². The molecule has 1 heterocycles. The molecule has 0 radical (unpaired) electrons. The highest BCUT2D eigenvalue weighted by molar-refractivity contribution is 7.13. The highest BCUT2D eigenvalue weighted by Crippen LogP contribution is 2.15. The van der Waals surface area contributed by atoms with Crippen molar-refractivity contribution >= 4 is 28.5 Å². The molecule has 1 rings (SSSR count). The number of thiazole rings is 1. The fourth-order valence-corrected chi connectivity index (χ4v) is 1.27. The maximum atomic E-state index is 11.7. The van der Waals surface area contributed by atoms with Crippen molar-refractivity contribution in [3.05, 3.63) is 11.1 Å². The van der Waals surface area contributed by atoms with Crippen LogP contribution in [0.3, 0.4) is 0 Å². The minimum atomic E-state index is -4.50. The molecular formula is C7H6F3N3O2S. The molecule has 0 saturated heterocycles. The lowest BCUT2D eigenvalue weighted by molar-refractivity contribution is -0.173. The van der Waals surface area contributed by atoms with E-state index in [9.17, 15) is 18.0 Å². The second-order valence-corrected chi connectivity index (χ2v) is 3.44. The molecule has 0 amide bonds. The molecule has 0 saturated carbocycles. The summed E-state index contributed by atoms with van der Waals surface area (Å²) in [5, 5.41) is 4.60. The summed E-state index contributed by atoms with van der Waals surface area (Å²) in [7, 11) is 0. The molecule has 0 bridgehead atoms. The highest BCUT2D eigenvalue weighted by Gasteiger charge is 2.28. The van der Waals surface area contributed by atoms with E-state index in [4.69, 9.17) is 5.73 Å². The van der Waals surface area contributed by atoms with Crippen LogP contribution >= 0.6 is 11.3 Å². The van der Waals surface area contributed by atoms with Crippen LogP contribution in [0.15, 0.2) is 10.5 Å². The molecular weight excluding hydrogens is 247 g/mol. The van der Waals surface area contributed by atoms with Gasteiger partial charge in [-0.1, -0.05) is 5.16 Å². The van der Waals surface area contributed by atoms with Gasteiger partial charge in [0.05, 0.1) is 0 Å². The fraction of sp³-hybridized carbons (Fsp3) is 0.286. The quantitative estimate of drug-likeness (QED) is 0.497. The van der Waals surface area contributed by atoms with Crippen molar-refractivity contribution in [2.24, 2.45) is 5.16 Å². The number of aldehydes is 1. The standard InChI is InChI=1S/C7H6F3N3O2S/c8-7(9,10)3-15-13-4(1-14)5-2-16-6(11)12-5/h1-2H,3H2,(H2,11,12)/b13-4+. The van der Waals surface area contributed by atoms with Gasteiger partial charge in [-0.2, -0.15) is 13.2 Å². The summed E-state index contributed by atoms with van der Waals surface area (Å²) in [5.41, 5.74) is 5.03. The predicted octanol–water partition coefficient (Wildman–Crippen LogP) is 1.21. The third-order valence-corrected chi connectivity index (χ3v) is 1.96. The number of rotatable bonds is 4. The van der Waals surface area contributed by atoms with Gasteiger partial charge in [-0.25, -0.2) is 4.98 Å². The summed E-state index contributed by atoms with van der Waals surface area (Å²) in [6.07, 6.45) is -4.26. The van der Waals surface area contributed by atoms with E-state index in [2.05, 4.69) is 15.0 Å². The fourth-order valence-electron chi connectivity index (χ4n) is 0.709. The Bertz CT molecular complexity index is 402. The van der Waals surface area contributed by atoms with Gasteiger partial charge in [0.2, 0.25) is 6.61 Å². The second kappa shape index (κ2) is 4.92. The van der Waals surface area contributed by atoms with E-state index >= 15 is 0 Å². The van der Waals surface area contributed by atoms with Crippen LogP contribution in [0, 0.1) is 0 Å². The number of nitrogens with zero attached hydrogens (tertiary/aromatic N) is 2. The van der Waals surface area contributed by atoms with Gasteiger partial charge in [-0.15, -0.1) is 11.3 Å². The van der Waals surface area contributed by atoms with E-state index in [1.165, 1.54) is 5.38 Å². The molecule has 9 heteroatoms. The molecule has 1 aromatic rings. The maximum Gasteiger partial charge on any atom is 0.425 e. The van der Waals surface area contributed by atoms with Gasteiger partial charge in [0.1, 0.15) is 5.69 Å². The van der Waals surface area contributed by atoms with E-state index in [0.29, 0.717) is 0 Å². The van der Waals surface area contributed by atoms with E-state index in [0.717, 1.165) is 11.3 Å². The molecule has 1 aromatic heterocycles. The first-order valence-corrected chi connectivity index (χ1v) is 4.73. The van der Waals surface area contributed by atoms with E-state index in [-0.39, 0.29) is 22.8 Å². The van der Waals surface area contributed by atoms with Crippen molar-refractivity contribution < 1.29 is 22.8 Å². The van der Waals surface area contributed by atoms with Crippen molar-refractivity contribution in [3.63, 3.8) is 0 Å².